The molecule has 1 aliphatic heterocycles. The van der Waals surface area contributed by atoms with Gasteiger partial charge in [0.15, 0.2) is 5.76 Å². The summed E-state index contributed by atoms with van der Waals surface area (Å²) in [5.41, 5.74) is 0.873. The number of ether oxygens (including phenoxy) is 1. The lowest BCUT2D eigenvalue weighted by atomic mass is 10.2. The van der Waals surface area contributed by atoms with Crippen LogP contribution in [-0.4, -0.2) is 41.8 Å². The number of rotatable bonds is 6. The predicted molar refractivity (Wildman–Crippen MR) is 92.0 cm³/mol. The second kappa shape index (κ2) is 8.33. The number of benzene rings is 1. The summed E-state index contributed by atoms with van der Waals surface area (Å²) in [6.07, 6.45) is 2.70. The molecule has 1 aliphatic rings. The Morgan fingerprint density at radius 2 is 1.96 bits per heavy atom. The molecule has 1 saturated heterocycles. The third kappa shape index (κ3) is 4.30. The van der Waals surface area contributed by atoms with Crippen molar-refractivity contribution in [2.75, 3.05) is 13.1 Å². The lowest BCUT2D eigenvalue weighted by Crippen LogP contribution is -2.47. The highest BCUT2D eigenvalue weighted by molar-refractivity contribution is 5.96. The Hall–Kier alpha value is -3.09. The molecule has 1 aromatic carbocycles. The van der Waals surface area contributed by atoms with E-state index in [1.54, 1.807) is 12.1 Å². The van der Waals surface area contributed by atoms with Crippen LogP contribution < -0.4 is 5.32 Å². The first-order valence-corrected chi connectivity index (χ1v) is 8.47. The standard InChI is InChI=1S/C19H20N2O5/c22-17(26-13-14-6-2-1-3-7-14)12-20-18(23)15-8-4-10-21(15)19(24)16-9-5-11-25-16/h1-3,5-7,9,11,15H,4,8,10,12-13H2,(H,20,23). The highest BCUT2D eigenvalue weighted by atomic mass is 16.5. The van der Waals surface area contributed by atoms with Gasteiger partial charge in [0, 0.05) is 6.54 Å². The van der Waals surface area contributed by atoms with E-state index in [9.17, 15) is 14.4 Å². The molecule has 1 unspecified atom stereocenters. The fourth-order valence-electron chi connectivity index (χ4n) is 2.89. The van der Waals surface area contributed by atoms with E-state index in [0.717, 1.165) is 12.0 Å². The summed E-state index contributed by atoms with van der Waals surface area (Å²) in [5, 5.41) is 2.55. The van der Waals surface area contributed by atoms with Crippen LogP contribution in [0.25, 0.3) is 0 Å². The maximum absolute atomic E-state index is 12.4. The van der Waals surface area contributed by atoms with Crippen molar-refractivity contribution in [3.63, 3.8) is 0 Å². The first-order valence-electron chi connectivity index (χ1n) is 8.47. The van der Waals surface area contributed by atoms with Crippen molar-refractivity contribution in [1.29, 1.82) is 0 Å². The van der Waals surface area contributed by atoms with Crippen molar-refractivity contribution < 1.29 is 23.5 Å². The number of furan rings is 1. The van der Waals surface area contributed by atoms with Crippen LogP contribution >= 0.6 is 0 Å². The van der Waals surface area contributed by atoms with Gasteiger partial charge in [-0.25, -0.2) is 0 Å². The summed E-state index contributed by atoms with van der Waals surface area (Å²) in [5.74, 6) is -1.01. The first kappa shape index (κ1) is 17.7. The Bertz CT molecular complexity index is 758. The lowest BCUT2D eigenvalue weighted by molar-refractivity contribution is -0.145. The number of nitrogens with one attached hydrogen (secondary N) is 1. The van der Waals surface area contributed by atoms with Gasteiger partial charge >= 0.3 is 5.97 Å². The van der Waals surface area contributed by atoms with Gasteiger partial charge in [0.05, 0.1) is 6.26 Å². The average molecular weight is 356 g/mol. The van der Waals surface area contributed by atoms with Crippen molar-refractivity contribution in [3.05, 3.63) is 60.1 Å². The summed E-state index contributed by atoms with van der Waals surface area (Å²) in [4.78, 5) is 38.0. The molecule has 2 aromatic rings. The van der Waals surface area contributed by atoms with Crippen LogP contribution in [-0.2, 0) is 20.9 Å². The summed E-state index contributed by atoms with van der Waals surface area (Å²) < 4.78 is 10.2. The smallest absolute Gasteiger partial charge is 0.325 e. The van der Waals surface area contributed by atoms with Crippen LogP contribution in [0.15, 0.2) is 53.1 Å². The van der Waals surface area contributed by atoms with E-state index < -0.39 is 12.0 Å². The van der Waals surface area contributed by atoms with Gasteiger partial charge in [0.1, 0.15) is 19.2 Å². The van der Waals surface area contributed by atoms with Crippen molar-refractivity contribution in [3.8, 4) is 0 Å². The van der Waals surface area contributed by atoms with Gasteiger partial charge < -0.3 is 19.4 Å². The van der Waals surface area contributed by atoms with Crippen molar-refractivity contribution >= 4 is 17.8 Å². The SMILES string of the molecule is O=C(CNC(=O)C1CCCN1C(=O)c1ccco1)OCc1ccccc1. The molecular formula is C19H20N2O5. The summed E-state index contributed by atoms with van der Waals surface area (Å²) in [6, 6.07) is 11.9. The van der Waals surface area contributed by atoms with Gasteiger partial charge in [-0.2, -0.15) is 0 Å². The van der Waals surface area contributed by atoms with Gasteiger partial charge in [0.2, 0.25) is 5.91 Å². The van der Waals surface area contributed by atoms with Crippen LogP contribution in [0.1, 0.15) is 29.0 Å². The number of hydrogen-bond donors (Lipinski definition) is 1. The summed E-state index contributed by atoms with van der Waals surface area (Å²) >= 11 is 0. The topological polar surface area (TPSA) is 88.9 Å². The lowest BCUT2D eigenvalue weighted by Gasteiger charge is -2.22. The zero-order valence-corrected chi connectivity index (χ0v) is 14.2. The molecule has 2 heterocycles. The fourth-order valence-corrected chi connectivity index (χ4v) is 2.89. The van der Waals surface area contributed by atoms with Gasteiger partial charge in [-0.15, -0.1) is 0 Å². The zero-order valence-electron chi connectivity index (χ0n) is 14.2. The van der Waals surface area contributed by atoms with E-state index in [4.69, 9.17) is 9.15 Å². The van der Waals surface area contributed by atoms with Crippen molar-refractivity contribution in [2.45, 2.75) is 25.5 Å². The highest BCUT2D eigenvalue weighted by Crippen LogP contribution is 2.20. The maximum Gasteiger partial charge on any atom is 0.325 e. The van der Waals surface area contributed by atoms with E-state index in [2.05, 4.69) is 5.32 Å². The Kier molecular flexibility index (Phi) is 5.68. The molecule has 7 heteroatoms. The quantitative estimate of drug-likeness (QED) is 0.797. The first-order chi connectivity index (χ1) is 12.6. The Balaban J connectivity index is 1.48. The third-order valence-electron chi connectivity index (χ3n) is 4.20. The van der Waals surface area contributed by atoms with Gasteiger partial charge in [-0.1, -0.05) is 30.3 Å². The molecule has 1 atom stereocenters. The molecule has 7 nitrogen and oxygen atoms in total. The summed E-state index contributed by atoms with van der Waals surface area (Å²) in [6.45, 7) is 0.406. The molecule has 1 fully saturated rings. The molecule has 0 saturated carbocycles. The molecule has 0 aliphatic carbocycles. The predicted octanol–water partition coefficient (Wildman–Crippen LogP) is 1.74. The van der Waals surface area contributed by atoms with Gasteiger partial charge in [-0.05, 0) is 30.5 Å². The third-order valence-corrected chi connectivity index (χ3v) is 4.20. The molecule has 3 rings (SSSR count). The van der Waals surface area contributed by atoms with Crippen LogP contribution in [0.4, 0.5) is 0 Å². The Labute approximate surface area is 150 Å². The molecule has 26 heavy (non-hydrogen) atoms. The molecule has 2 amide bonds. The van der Waals surface area contributed by atoms with Gasteiger partial charge in [-0.3, -0.25) is 14.4 Å². The average Bonchev–Trinajstić information content (AvgIpc) is 3.36. The number of nitrogens with zero attached hydrogens (tertiary/aromatic N) is 1. The van der Waals surface area contributed by atoms with Crippen LogP contribution in [0.3, 0.4) is 0 Å². The Morgan fingerprint density at radius 3 is 2.69 bits per heavy atom. The van der Waals surface area contributed by atoms with E-state index >= 15 is 0 Å². The van der Waals surface area contributed by atoms with Crippen LogP contribution in [0, 0.1) is 0 Å². The minimum Gasteiger partial charge on any atom is -0.460 e. The number of carbonyl (C=O) groups is 3. The summed E-state index contributed by atoms with van der Waals surface area (Å²) in [7, 11) is 0. The van der Waals surface area contributed by atoms with Crippen LogP contribution in [0.2, 0.25) is 0 Å². The molecule has 136 valence electrons. The van der Waals surface area contributed by atoms with Gasteiger partial charge in [0.25, 0.3) is 5.91 Å². The monoisotopic (exact) mass is 356 g/mol. The number of hydrogen-bond acceptors (Lipinski definition) is 5. The zero-order chi connectivity index (χ0) is 18.4. The maximum atomic E-state index is 12.4. The molecule has 1 N–H and O–H groups in total. The molecule has 0 bridgehead atoms. The minimum absolute atomic E-state index is 0.155. The van der Waals surface area contributed by atoms with Crippen molar-refractivity contribution in [1.82, 2.24) is 10.2 Å². The van der Waals surface area contributed by atoms with Crippen LogP contribution in [0.5, 0.6) is 0 Å². The normalized spacial score (nSPS) is 16.3. The number of amides is 2. The van der Waals surface area contributed by atoms with Crippen molar-refractivity contribution in [2.24, 2.45) is 0 Å². The largest absolute Gasteiger partial charge is 0.460 e. The fraction of sp³-hybridized carbons (Fsp3) is 0.316. The molecule has 0 spiro atoms. The Morgan fingerprint density at radius 1 is 1.15 bits per heavy atom. The second-order valence-corrected chi connectivity index (χ2v) is 6.00. The number of likely N-dealkylation sites (tertiary alicyclic amines) is 1. The second-order valence-electron chi connectivity index (χ2n) is 6.00. The molecule has 1 aromatic heterocycles. The highest BCUT2D eigenvalue weighted by Gasteiger charge is 2.35. The van der Waals surface area contributed by atoms with E-state index in [1.165, 1.54) is 11.2 Å². The molecular weight excluding hydrogens is 336 g/mol. The minimum atomic E-state index is -0.602. The van der Waals surface area contributed by atoms with E-state index in [0.29, 0.717) is 13.0 Å². The van der Waals surface area contributed by atoms with E-state index in [-0.39, 0.29) is 30.7 Å². The number of carbonyl (C=O) groups excluding carboxylic acids is 3. The van der Waals surface area contributed by atoms with E-state index in [1.807, 2.05) is 30.3 Å². The number of esters is 1. The molecule has 0 radical (unpaired) electrons.